The van der Waals surface area contributed by atoms with E-state index in [1.807, 2.05) is 48.5 Å². The first-order chi connectivity index (χ1) is 14.6. The van der Waals surface area contributed by atoms with E-state index < -0.39 is 5.91 Å². The van der Waals surface area contributed by atoms with Crippen molar-refractivity contribution in [1.29, 1.82) is 0 Å². The lowest BCUT2D eigenvalue weighted by Crippen LogP contribution is -2.10. The van der Waals surface area contributed by atoms with Gasteiger partial charge in [-0.3, -0.25) is 4.79 Å². The van der Waals surface area contributed by atoms with Crippen molar-refractivity contribution in [2.24, 2.45) is 5.73 Å². The van der Waals surface area contributed by atoms with Crippen LogP contribution in [0.3, 0.4) is 0 Å². The molecular weight excluding hydrogens is 378 g/mol. The van der Waals surface area contributed by atoms with Gasteiger partial charge in [0.05, 0.1) is 11.4 Å². The molecule has 148 valence electrons. The van der Waals surface area contributed by atoms with Crippen molar-refractivity contribution in [2.75, 3.05) is 11.1 Å². The van der Waals surface area contributed by atoms with E-state index in [9.17, 15) is 4.79 Å². The Morgan fingerprint density at radius 1 is 0.900 bits per heavy atom. The molecule has 1 heterocycles. The zero-order valence-corrected chi connectivity index (χ0v) is 15.9. The number of benzene rings is 3. The third-order valence-electron chi connectivity index (χ3n) is 4.38. The maximum Gasteiger partial charge on any atom is 0.248 e. The molecule has 0 bridgehead atoms. The number of nitrogen functional groups attached to an aromatic ring is 1. The minimum Gasteiger partial charge on any atom is -0.455 e. The van der Waals surface area contributed by atoms with Gasteiger partial charge in [0.2, 0.25) is 11.9 Å². The predicted octanol–water partition coefficient (Wildman–Crippen LogP) is 4.36. The average Bonchev–Trinajstić information content (AvgIpc) is 2.76. The summed E-state index contributed by atoms with van der Waals surface area (Å²) in [6.45, 7) is 0. The zero-order chi connectivity index (χ0) is 20.9. The van der Waals surface area contributed by atoms with Crippen LogP contribution in [0.25, 0.3) is 11.3 Å². The molecule has 0 radical (unpaired) electrons. The third kappa shape index (κ3) is 4.36. The lowest BCUT2D eigenvalue weighted by Gasteiger charge is -2.09. The molecular formula is C23H19N5O2. The van der Waals surface area contributed by atoms with E-state index in [1.165, 1.54) is 0 Å². The van der Waals surface area contributed by atoms with Gasteiger partial charge in [0.1, 0.15) is 11.5 Å². The maximum atomic E-state index is 11.2. The minimum atomic E-state index is -0.470. The van der Waals surface area contributed by atoms with Crippen LogP contribution in [0.1, 0.15) is 10.4 Å². The Hall–Kier alpha value is -4.39. The van der Waals surface area contributed by atoms with Gasteiger partial charge in [-0.25, -0.2) is 9.97 Å². The SMILES string of the molecule is NC(=O)c1ccc(Nc2nccc(-c3ccc(Oc4ccccc4N)cc3)n2)cc1. The second-order valence-electron chi connectivity index (χ2n) is 6.50. The van der Waals surface area contributed by atoms with Crippen LogP contribution in [0.2, 0.25) is 0 Å². The fourth-order valence-corrected chi connectivity index (χ4v) is 2.82. The number of hydrogen-bond acceptors (Lipinski definition) is 6. The molecule has 30 heavy (non-hydrogen) atoms. The fourth-order valence-electron chi connectivity index (χ4n) is 2.82. The first-order valence-corrected chi connectivity index (χ1v) is 9.21. The number of nitrogens with zero attached hydrogens (tertiary/aromatic N) is 2. The Bertz CT molecular complexity index is 1170. The topological polar surface area (TPSA) is 116 Å². The van der Waals surface area contributed by atoms with Crippen LogP contribution in [0.4, 0.5) is 17.3 Å². The van der Waals surface area contributed by atoms with E-state index in [0.717, 1.165) is 16.9 Å². The van der Waals surface area contributed by atoms with Crippen LogP contribution in [-0.4, -0.2) is 15.9 Å². The number of para-hydroxylation sites is 2. The van der Waals surface area contributed by atoms with E-state index in [4.69, 9.17) is 16.2 Å². The molecule has 1 amide bonds. The summed E-state index contributed by atoms with van der Waals surface area (Å²) in [6.07, 6.45) is 1.68. The summed E-state index contributed by atoms with van der Waals surface area (Å²) >= 11 is 0. The minimum absolute atomic E-state index is 0.440. The number of nitrogens with two attached hydrogens (primary N) is 2. The van der Waals surface area contributed by atoms with Gasteiger partial charge in [-0.2, -0.15) is 0 Å². The van der Waals surface area contributed by atoms with Gasteiger partial charge >= 0.3 is 0 Å². The first-order valence-electron chi connectivity index (χ1n) is 9.21. The van der Waals surface area contributed by atoms with Crippen LogP contribution in [0.5, 0.6) is 11.5 Å². The summed E-state index contributed by atoms with van der Waals surface area (Å²) in [6, 6.07) is 23.5. The molecule has 7 nitrogen and oxygen atoms in total. The molecule has 4 aromatic rings. The molecule has 0 saturated carbocycles. The maximum absolute atomic E-state index is 11.2. The van der Waals surface area contributed by atoms with Gasteiger partial charge in [0.15, 0.2) is 0 Å². The van der Waals surface area contributed by atoms with E-state index >= 15 is 0 Å². The van der Waals surface area contributed by atoms with Crippen molar-refractivity contribution >= 4 is 23.2 Å². The Balaban J connectivity index is 1.49. The highest BCUT2D eigenvalue weighted by atomic mass is 16.5. The lowest BCUT2D eigenvalue weighted by atomic mass is 10.1. The smallest absolute Gasteiger partial charge is 0.248 e. The van der Waals surface area contributed by atoms with E-state index in [1.54, 1.807) is 36.5 Å². The molecule has 0 saturated heterocycles. The molecule has 0 fully saturated rings. The Labute approximate surface area is 173 Å². The summed E-state index contributed by atoms with van der Waals surface area (Å²) in [4.78, 5) is 20.0. The number of anilines is 3. The summed E-state index contributed by atoms with van der Waals surface area (Å²) in [5.74, 6) is 1.26. The van der Waals surface area contributed by atoms with Crippen LogP contribution < -0.4 is 21.5 Å². The molecule has 0 aliphatic carbocycles. The quantitative estimate of drug-likeness (QED) is 0.416. The second kappa shape index (κ2) is 8.32. The number of carbonyl (C=O) groups is 1. The fraction of sp³-hybridized carbons (Fsp3) is 0. The highest BCUT2D eigenvalue weighted by Gasteiger charge is 2.06. The Kier molecular flexibility index (Phi) is 5.25. The van der Waals surface area contributed by atoms with Crippen LogP contribution in [-0.2, 0) is 0 Å². The number of rotatable bonds is 6. The monoisotopic (exact) mass is 397 g/mol. The number of amides is 1. The van der Waals surface area contributed by atoms with Crippen LogP contribution in [0.15, 0.2) is 85.1 Å². The van der Waals surface area contributed by atoms with Gasteiger partial charge in [-0.15, -0.1) is 0 Å². The summed E-state index contributed by atoms with van der Waals surface area (Å²) < 4.78 is 5.83. The predicted molar refractivity (Wildman–Crippen MR) is 117 cm³/mol. The standard InChI is InChI=1S/C23H19N5O2/c24-19-3-1-2-4-21(19)30-18-11-7-15(8-12-18)20-13-14-26-23(28-20)27-17-9-5-16(6-10-17)22(25)29/h1-14H,24H2,(H2,25,29)(H,26,27,28). The van der Waals surface area contributed by atoms with Crippen molar-refractivity contribution in [2.45, 2.75) is 0 Å². The van der Waals surface area contributed by atoms with E-state index in [0.29, 0.717) is 28.7 Å². The third-order valence-corrected chi connectivity index (χ3v) is 4.38. The van der Waals surface area contributed by atoms with Crippen molar-refractivity contribution in [1.82, 2.24) is 9.97 Å². The number of aromatic nitrogens is 2. The highest BCUT2D eigenvalue weighted by Crippen LogP contribution is 2.28. The molecule has 0 aliphatic heterocycles. The summed E-state index contributed by atoms with van der Waals surface area (Å²) in [7, 11) is 0. The zero-order valence-electron chi connectivity index (χ0n) is 15.9. The van der Waals surface area contributed by atoms with Gasteiger partial charge < -0.3 is 21.5 Å². The molecule has 4 rings (SSSR count). The molecule has 0 spiro atoms. The van der Waals surface area contributed by atoms with Gasteiger partial charge in [-0.05, 0) is 66.7 Å². The number of hydrogen-bond donors (Lipinski definition) is 3. The molecule has 0 unspecified atom stereocenters. The second-order valence-corrected chi connectivity index (χ2v) is 6.50. The van der Waals surface area contributed by atoms with Crippen LogP contribution >= 0.6 is 0 Å². The average molecular weight is 397 g/mol. The van der Waals surface area contributed by atoms with E-state index in [2.05, 4.69) is 15.3 Å². The Morgan fingerprint density at radius 3 is 2.33 bits per heavy atom. The largest absolute Gasteiger partial charge is 0.455 e. The van der Waals surface area contributed by atoms with Crippen molar-refractivity contribution in [3.63, 3.8) is 0 Å². The normalized spacial score (nSPS) is 10.4. The number of ether oxygens (including phenoxy) is 1. The molecule has 3 aromatic carbocycles. The molecule has 0 atom stereocenters. The lowest BCUT2D eigenvalue weighted by molar-refractivity contribution is 0.100. The molecule has 7 heteroatoms. The summed E-state index contributed by atoms with van der Waals surface area (Å²) in [5, 5.41) is 3.12. The molecule has 1 aromatic heterocycles. The van der Waals surface area contributed by atoms with Crippen LogP contribution in [0, 0.1) is 0 Å². The number of carbonyl (C=O) groups excluding carboxylic acids is 1. The Morgan fingerprint density at radius 2 is 1.63 bits per heavy atom. The van der Waals surface area contributed by atoms with Crippen molar-refractivity contribution in [3.8, 4) is 22.8 Å². The summed E-state index contributed by atoms with van der Waals surface area (Å²) in [5.41, 5.74) is 14.6. The van der Waals surface area contributed by atoms with Crippen molar-refractivity contribution in [3.05, 3.63) is 90.6 Å². The van der Waals surface area contributed by atoms with Gasteiger partial charge in [0, 0.05) is 23.0 Å². The van der Waals surface area contributed by atoms with E-state index in [-0.39, 0.29) is 0 Å². The highest BCUT2D eigenvalue weighted by molar-refractivity contribution is 5.93. The first kappa shape index (κ1) is 18.9. The molecule has 0 aliphatic rings. The van der Waals surface area contributed by atoms with Gasteiger partial charge in [0.25, 0.3) is 0 Å². The van der Waals surface area contributed by atoms with Crippen molar-refractivity contribution < 1.29 is 9.53 Å². The molecule has 5 N–H and O–H groups in total. The number of nitrogens with one attached hydrogen (secondary N) is 1. The number of primary amides is 1. The van der Waals surface area contributed by atoms with Gasteiger partial charge in [-0.1, -0.05) is 12.1 Å².